The second-order valence-corrected chi connectivity index (χ2v) is 13.8. The Bertz CT molecular complexity index is 1500. The van der Waals surface area contributed by atoms with Crippen LogP contribution in [0.1, 0.15) is 67.0 Å². The summed E-state index contributed by atoms with van der Waals surface area (Å²) in [4.78, 5) is 21.1. The molecule has 46 heavy (non-hydrogen) atoms. The van der Waals surface area contributed by atoms with Crippen LogP contribution in [0, 0.1) is 17.2 Å². The Balaban J connectivity index is 1.38. The van der Waals surface area contributed by atoms with E-state index in [4.69, 9.17) is 27.9 Å². The highest BCUT2D eigenvalue weighted by molar-refractivity contribution is 6.30. The number of nitrogens with zero attached hydrogens (tertiary/aromatic N) is 4. The quantitative estimate of drug-likeness (QED) is 0.263. The number of hydrogen-bond acceptors (Lipinski definition) is 6. The summed E-state index contributed by atoms with van der Waals surface area (Å²) in [5.41, 5.74) is 3.32. The number of halogens is 2. The number of ether oxygens (including phenoxy) is 1. The first kappa shape index (κ1) is 33.0. The molecule has 3 aromatic rings. The molecule has 2 aliphatic heterocycles. The molecule has 5 atom stereocenters. The number of amides is 1. The van der Waals surface area contributed by atoms with Crippen molar-refractivity contribution in [2.45, 2.75) is 69.5 Å². The van der Waals surface area contributed by atoms with Crippen LogP contribution in [0.15, 0.2) is 72.8 Å². The van der Waals surface area contributed by atoms with E-state index in [9.17, 15) is 15.2 Å². The molecular weight excluding hydrogens is 619 g/mol. The lowest BCUT2D eigenvalue weighted by Gasteiger charge is -2.52. The van der Waals surface area contributed by atoms with E-state index < -0.39 is 30.5 Å². The zero-order chi connectivity index (χ0) is 32.2. The maximum absolute atomic E-state index is 14.6. The van der Waals surface area contributed by atoms with E-state index >= 15 is 0 Å². The van der Waals surface area contributed by atoms with E-state index in [1.165, 1.54) is 12.8 Å². The first-order valence-electron chi connectivity index (χ1n) is 16.5. The van der Waals surface area contributed by atoms with Gasteiger partial charge in [-0.05, 0) is 78.3 Å². The van der Waals surface area contributed by atoms with Gasteiger partial charge >= 0.3 is 0 Å². The zero-order valence-corrected chi connectivity index (χ0v) is 27.8. The lowest BCUT2D eigenvalue weighted by molar-refractivity contribution is -0.232. The van der Waals surface area contributed by atoms with Crippen molar-refractivity contribution in [3.8, 4) is 6.07 Å². The van der Waals surface area contributed by atoms with E-state index in [2.05, 4.69) is 17.9 Å². The topological polar surface area (TPSA) is 80.0 Å². The van der Waals surface area contributed by atoms with E-state index in [-0.39, 0.29) is 5.91 Å². The number of nitriles is 1. The van der Waals surface area contributed by atoms with Gasteiger partial charge in [-0.1, -0.05) is 72.9 Å². The highest BCUT2D eigenvalue weighted by Crippen LogP contribution is 2.46. The molecule has 6 rings (SSSR count). The van der Waals surface area contributed by atoms with Gasteiger partial charge in [0.1, 0.15) is 18.4 Å². The Labute approximate surface area is 282 Å². The Morgan fingerprint density at radius 1 is 0.935 bits per heavy atom. The predicted octanol–water partition coefficient (Wildman–Crippen LogP) is 6.63. The summed E-state index contributed by atoms with van der Waals surface area (Å²) in [6.45, 7) is 6.34. The molecular formula is C37H42Cl2N4O3. The van der Waals surface area contributed by atoms with Crippen LogP contribution >= 0.6 is 23.2 Å². The maximum atomic E-state index is 14.6. The smallest absolute Gasteiger partial charge is 0.240 e. The van der Waals surface area contributed by atoms with Crippen molar-refractivity contribution in [1.29, 1.82) is 5.26 Å². The molecule has 1 aliphatic carbocycles. The molecule has 2 heterocycles. The molecule has 0 aromatic heterocycles. The fourth-order valence-corrected chi connectivity index (χ4v) is 7.20. The van der Waals surface area contributed by atoms with Crippen molar-refractivity contribution in [2.24, 2.45) is 5.92 Å². The molecule has 2 saturated heterocycles. The summed E-state index contributed by atoms with van der Waals surface area (Å²) in [7, 11) is 0. The van der Waals surface area contributed by atoms with Crippen LogP contribution in [0.5, 0.6) is 0 Å². The molecule has 3 aliphatic rings. The summed E-state index contributed by atoms with van der Waals surface area (Å²) in [5, 5.41) is 22.8. The molecule has 3 fully saturated rings. The Morgan fingerprint density at radius 2 is 1.54 bits per heavy atom. The molecule has 1 amide bonds. The first-order chi connectivity index (χ1) is 22.3. The molecule has 7 nitrogen and oxygen atoms in total. The third kappa shape index (κ3) is 7.60. The third-order valence-electron chi connectivity index (χ3n) is 9.60. The van der Waals surface area contributed by atoms with Gasteiger partial charge in [-0.15, -0.1) is 0 Å². The van der Waals surface area contributed by atoms with Gasteiger partial charge < -0.3 is 14.7 Å². The molecule has 0 radical (unpaired) electrons. The number of carbonyl (C=O) groups excluding carboxylic acids is 1. The molecule has 0 bridgehead atoms. The van der Waals surface area contributed by atoms with Gasteiger partial charge in [0.2, 0.25) is 5.91 Å². The molecule has 3 aromatic carbocycles. The SMILES string of the molecule is CCC[C@@H](C(=O)N1CCN(CC2CC2)CC1)N1C(O)[C@@H](Cc2ccc(C#N)cc2)O[C@H](c2ccc(Cl)cc2)[C@@H]1c1ccc(Cl)cc1. The summed E-state index contributed by atoms with van der Waals surface area (Å²) in [5.74, 6) is 0.872. The van der Waals surface area contributed by atoms with Gasteiger partial charge in [0, 0.05) is 49.2 Å². The first-order valence-corrected chi connectivity index (χ1v) is 17.2. The fourth-order valence-electron chi connectivity index (χ4n) is 6.95. The maximum Gasteiger partial charge on any atom is 0.240 e. The minimum atomic E-state index is -1.07. The minimum absolute atomic E-state index is 0.0554. The van der Waals surface area contributed by atoms with E-state index in [0.717, 1.165) is 48.7 Å². The minimum Gasteiger partial charge on any atom is -0.376 e. The van der Waals surface area contributed by atoms with Crippen LogP contribution < -0.4 is 0 Å². The molecule has 1 saturated carbocycles. The number of hydrogen-bond donors (Lipinski definition) is 1. The third-order valence-corrected chi connectivity index (χ3v) is 10.1. The normalized spacial score (nSPS) is 24.8. The highest BCUT2D eigenvalue weighted by Gasteiger charge is 2.49. The summed E-state index contributed by atoms with van der Waals surface area (Å²) >= 11 is 12.7. The standard InChI is InChI=1S/C37H42Cl2N4O3/c1-2-3-32(36(44)42-20-18-41(19-21-42)24-27-8-9-27)43-34(28-10-14-30(38)15-11-28)35(29-12-16-31(39)17-13-29)46-33(37(43)45)22-25-4-6-26(23-40)7-5-25/h4-7,10-17,27,32-35,37,45H,2-3,8-9,18-22,24H2,1H3/t32-,33+,34-,35+,37?/m0/s1. The van der Waals surface area contributed by atoms with Crippen molar-refractivity contribution in [3.05, 3.63) is 105 Å². The van der Waals surface area contributed by atoms with Gasteiger partial charge in [-0.2, -0.15) is 5.26 Å². The van der Waals surface area contributed by atoms with Crippen molar-refractivity contribution in [2.75, 3.05) is 32.7 Å². The molecule has 1 N–H and O–H groups in total. The molecule has 0 spiro atoms. The van der Waals surface area contributed by atoms with Crippen molar-refractivity contribution >= 4 is 29.1 Å². The Hall–Kier alpha value is -2.96. The largest absolute Gasteiger partial charge is 0.376 e. The molecule has 242 valence electrons. The van der Waals surface area contributed by atoms with Gasteiger partial charge in [0.15, 0.2) is 0 Å². The van der Waals surface area contributed by atoms with E-state index in [1.54, 1.807) is 12.1 Å². The van der Waals surface area contributed by atoms with E-state index in [0.29, 0.717) is 41.5 Å². The van der Waals surface area contributed by atoms with E-state index in [1.807, 2.05) is 70.5 Å². The van der Waals surface area contributed by atoms with Crippen LogP contribution in [-0.4, -0.2) is 76.8 Å². The Kier molecular flexibility index (Phi) is 10.6. The van der Waals surface area contributed by atoms with Crippen LogP contribution in [0.25, 0.3) is 0 Å². The second-order valence-electron chi connectivity index (χ2n) is 12.9. The number of rotatable bonds is 10. The average molecular weight is 662 g/mol. The number of aliphatic hydroxyl groups excluding tert-OH is 1. The predicted molar refractivity (Wildman–Crippen MR) is 180 cm³/mol. The number of carbonyl (C=O) groups is 1. The van der Waals surface area contributed by atoms with Gasteiger partial charge in [-0.3, -0.25) is 14.6 Å². The molecule has 1 unspecified atom stereocenters. The summed E-state index contributed by atoms with van der Waals surface area (Å²) in [6.07, 6.45) is 2.20. The van der Waals surface area contributed by atoms with Gasteiger partial charge in [0.05, 0.1) is 23.7 Å². The average Bonchev–Trinajstić information content (AvgIpc) is 3.90. The number of benzene rings is 3. The number of aliphatic hydroxyl groups is 1. The number of piperazine rings is 1. The zero-order valence-electron chi connectivity index (χ0n) is 26.3. The summed E-state index contributed by atoms with van der Waals surface area (Å²) in [6, 6.07) is 23.7. The van der Waals surface area contributed by atoms with Crippen molar-refractivity contribution in [3.63, 3.8) is 0 Å². The lowest BCUT2D eigenvalue weighted by atomic mass is 9.88. The van der Waals surface area contributed by atoms with Crippen LogP contribution in [0.4, 0.5) is 0 Å². The fraction of sp³-hybridized carbons (Fsp3) is 0.459. The monoisotopic (exact) mass is 660 g/mol. The summed E-state index contributed by atoms with van der Waals surface area (Å²) < 4.78 is 6.86. The Morgan fingerprint density at radius 3 is 2.11 bits per heavy atom. The van der Waals surface area contributed by atoms with Crippen molar-refractivity contribution < 1.29 is 14.6 Å². The highest BCUT2D eigenvalue weighted by atomic mass is 35.5. The van der Waals surface area contributed by atoms with Crippen molar-refractivity contribution in [1.82, 2.24) is 14.7 Å². The van der Waals surface area contributed by atoms with Crippen LogP contribution in [0.2, 0.25) is 10.0 Å². The van der Waals surface area contributed by atoms with Crippen LogP contribution in [-0.2, 0) is 16.0 Å². The van der Waals surface area contributed by atoms with Gasteiger partial charge in [0.25, 0.3) is 0 Å². The van der Waals surface area contributed by atoms with Crippen LogP contribution in [0.3, 0.4) is 0 Å². The second kappa shape index (κ2) is 14.9. The van der Waals surface area contributed by atoms with Gasteiger partial charge in [-0.25, -0.2) is 0 Å². The number of morpholine rings is 1. The molecule has 9 heteroatoms. The lowest BCUT2D eigenvalue weighted by Crippen LogP contribution is -2.62.